The van der Waals surface area contributed by atoms with Crippen molar-refractivity contribution in [3.8, 4) is 0 Å². The van der Waals surface area contributed by atoms with E-state index in [4.69, 9.17) is 4.74 Å². The lowest BCUT2D eigenvalue weighted by molar-refractivity contribution is -0.140. The van der Waals surface area contributed by atoms with Crippen molar-refractivity contribution < 1.29 is 19.1 Å². The topological polar surface area (TPSA) is 81.3 Å². The number of ether oxygens (including phenoxy) is 2. The standard InChI is InChI=1S/C12H12N2O4S2/c1-17-10(15)8-5-13-12(14-8)20-9(11(16)18-2)7-3-4-19-6-7/h3-6,9H,1-2H3,(H,13,14). The second-order valence-electron chi connectivity index (χ2n) is 3.67. The predicted octanol–water partition coefficient (Wildman–Crippen LogP) is 2.26. The Balaban J connectivity index is 2.18. The van der Waals surface area contributed by atoms with E-state index in [2.05, 4.69) is 14.7 Å². The maximum Gasteiger partial charge on any atom is 0.356 e. The quantitative estimate of drug-likeness (QED) is 0.674. The number of hydrogen-bond acceptors (Lipinski definition) is 7. The summed E-state index contributed by atoms with van der Waals surface area (Å²) in [7, 11) is 2.63. The summed E-state index contributed by atoms with van der Waals surface area (Å²) in [6.45, 7) is 0. The zero-order chi connectivity index (χ0) is 14.5. The largest absolute Gasteiger partial charge is 0.468 e. The molecule has 0 radical (unpaired) electrons. The minimum Gasteiger partial charge on any atom is -0.468 e. The number of hydrogen-bond donors (Lipinski definition) is 1. The number of H-pyrrole nitrogens is 1. The number of methoxy groups -OCH3 is 2. The van der Waals surface area contributed by atoms with E-state index in [-0.39, 0.29) is 11.7 Å². The average Bonchev–Trinajstić information content (AvgIpc) is 3.14. The van der Waals surface area contributed by atoms with Crippen molar-refractivity contribution in [3.63, 3.8) is 0 Å². The number of carbonyl (C=O) groups is 2. The van der Waals surface area contributed by atoms with Crippen molar-refractivity contribution in [2.24, 2.45) is 0 Å². The van der Waals surface area contributed by atoms with Crippen LogP contribution in [0.5, 0.6) is 0 Å². The third-order valence-corrected chi connectivity index (χ3v) is 4.28. The van der Waals surface area contributed by atoms with Crippen molar-refractivity contribution in [1.29, 1.82) is 0 Å². The Kier molecular flexibility index (Phi) is 4.80. The summed E-state index contributed by atoms with van der Waals surface area (Å²) in [6.07, 6.45) is 1.37. The maximum atomic E-state index is 11.8. The van der Waals surface area contributed by atoms with Gasteiger partial charge < -0.3 is 14.5 Å². The van der Waals surface area contributed by atoms with Gasteiger partial charge in [-0.05, 0) is 22.4 Å². The highest BCUT2D eigenvalue weighted by Crippen LogP contribution is 2.35. The Labute approximate surface area is 123 Å². The number of imidazole rings is 1. The highest BCUT2D eigenvalue weighted by atomic mass is 32.2. The van der Waals surface area contributed by atoms with Crippen LogP contribution in [0.2, 0.25) is 0 Å². The maximum absolute atomic E-state index is 11.8. The molecule has 1 unspecified atom stereocenters. The number of nitrogens with zero attached hydrogens (tertiary/aromatic N) is 1. The van der Waals surface area contributed by atoms with Crippen LogP contribution in [0.15, 0.2) is 28.2 Å². The zero-order valence-electron chi connectivity index (χ0n) is 10.8. The summed E-state index contributed by atoms with van der Waals surface area (Å²) in [4.78, 5) is 30.0. The molecule has 0 aliphatic heterocycles. The van der Waals surface area contributed by atoms with Gasteiger partial charge in [0, 0.05) is 0 Å². The Morgan fingerprint density at radius 1 is 1.40 bits per heavy atom. The summed E-state index contributed by atoms with van der Waals surface area (Å²) in [5, 5.41) is 3.68. The summed E-state index contributed by atoms with van der Waals surface area (Å²) in [5.41, 5.74) is 1.08. The molecule has 0 spiro atoms. The van der Waals surface area contributed by atoms with Crippen LogP contribution in [0.25, 0.3) is 0 Å². The molecular weight excluding hydrogens is 300 g/mol. The second-order valence-corrected chi connectivity index (χ2v) is 5.55. The van der Waals surface area contributed by atoms with E-state index in [0.717, 1.165) is 5.56 Å². The molecule has 0 saturated heterocycles. The molecule has 0 saturated carbocycles. The van der Waals surface area contributed by atoms with Crippen LogP contribution in [-0.4, -0.2) is 36.1 Å². The molecule has 0 aliphatic rings. The van der Waals surface area contributed by atoms with Crippen molar-refractivity contribution in [2.75, 3.05) is 14.2 Å². The smallest absolute Gasteiger partial charge is 0.356 e. The van der Waals surface area contributed by atoms with E-state index in [1.807, 2.05) is 16.8 Å². The van der Waals surface area contributed by atoms with Gasteiger partial charge in [0.1, 0.15) is 10.9 Å². The number of aromatic amines is 1. The molecule has 0 aromatic carbocycles. The molecule has 2 aromatic rings. The molecule has 2 rings (SSSR count). The number of thiophene rings is 1. The molecule has 8 heteroatoms. The van der Waals surface area contributed by atoms with Crippen LogP contribution in [0, 0.1) is 0 Å². The second kappa shape index (κ2) is 6.58. The van der Waals surface area contributed by atoms with Crippen molar-refractivity contribution in [3.05, 3.63) is 34.3 Å². The fraction of sp³-hybridized carbons (Fsp3) is 0.250. The number of nitrogens with one attached hydrogen (secondary N) is 1. The van der Waals surface area contributed by atoms with Crippen LogP contribution in [0.1, 0.15) is 21.3 Å². The van der Waals surface area contributed by atoms with Gasteiger partial charge in [0.2, 0.25) is 0 Å². The molecule has 20 heavy (non-hydrogen) atoms. The predicted molar refractivity (Wildman–Crippen MR) is 74.9 cm³/mol. The Hall–Kier alpha value is -1.80. The molecule has 106 valence electrons. The Morgan fingerprint density at radius 3 is 2.80 bits per heavy atom. The number of thioether (sulfide) groups is 1. The number of rotatable bonds is 5. The van der Waals surface area contributed by atoms with E-state index in [1.165, 1.54) is 43.5 Å². The van der Waals surface area contributed by atoms with Gasteiger partial charge in [-0.15, -0.1) is 0 Å². The van der Waals surface area contributed by atoms with Crippen LogP contribution in [-0.2, 0) is 14.3 Å². The van der Waals surface area contributed by atoms with E-state index < -0.39 is 11.2 Å². The number of esters is 2. The van der Waals surface area contributed by atoms with Gasteiger partial charge in [-0.2, -0.15) is 11.3 Å². The highest BCUT2D eigenvalue weighted by Gasteiger charge is 2.25. The minimum atomic E-state index is -0.525. The van der Waals surface area contributed by atoms with Gasteiger partial charge in [0.05, 0.1) is 20.4 Å². The summed E-state index contributed by atoms with van der Waals surface area (Å²) in [6, 6.07) is 1.85. The summed E-state index contributed by atoms with van der Waals surface area (Å²) in [5.74, 6) is -0.876. The van der Waals surface area contributed by atoms with Crippen molar-refractivity contribution in [2.45, 2.75) is 10.4 Å². The van der Waals surface area contributed by atoms with Crippen LogP contribution >= 0.6 is 23.1 Å². The van der Waals surface area contributed by atoms with Gasteiger partial charge >= 0.3 is 11.9 Å². The third-order valence-electron chi connectivity index (χ3n) is 2.45. The zero-order valence-corrected chi connectivity index (χ0v) is 12.4. The lowest BCUT2D eigenvalue weighted by atomic mass is 10.2. The van der Waals surface area contributed by atoms with Gasteiger partial charge in [0.25, 0.3) is 0 Å². The molecule has 6 nitrogen and oxygen atoms in total. The number of carbonyl (C=O) groups excluding carboxylic acids is 2. The minimum absolute atomic E-state index is 0.240. The molecule has 0 aliphatic carbocycles. The van der Waals surface area contributed by atoms with Crippen LogP contribution in [0.3, 0.4) is 0 Å². The van der Waals surface area contributed by atoms with E-state index in [1.54, 1.807) is 0 Å². The summed E-state index contributed by atoms with van der Waals surface area (Å²) >= 11 is 2.68. The van der Waals surface area contributed by atoms with Crippen molar-refractivity contribution in [1.82, 2.24) is 9.97 Å². The SMILES string of the molecule is COC(=O)c1cnc(SC(C(=O)OC)c2ccsc2)[nH]1. The van der Waals surface area contributed by atoms with Gasteiger partial charge in [-0.1, -0.05) is 11.8 Å². The van der Waals surface area contributed by atoms with Crippen LogP contribution in [0.4, 0.5) is 0 Å². The first-order chi connectivity index (χ1) is 9.65. The molecule has 1 atom stereocenters. The average molecular weight is 312 g/mol. The van der Waals surface area contributed by atoms with Crippen LogP contribution < -0.4 is 0 Å². The third kappa shape index (κ3) is 3.20. The lowest BCUT2D eigenvalue weighted by Crippen LogP contribution is -2.10. The molecule has 2 heterocycles. The monoisotopic (exact) mass is 312 g/mol. The normalized spacial score (nSPS) is 11.9. The first-order valence-corrected chi connectivity index (χ1v) is 7.38. The summed E-state index contributed by atoms with van der Waals surface area (Å²) < 4.78 is 9.38. The van der Waals surface area contributed by atoms with E-state index in [0.29, 0.717) is 5.16 Å². The lowest BCUT2D eigenvalue weighted by Gasteiger charge is -2.11. The first kappa shape index (κ1) is 14.6. The van der Waals surface area contributed by atoms with Crippen molar-refractivity contribution >= 4 is 35.0 Å². The molecule has 1 N–H and O–H groups in total. The first-order valence-electron chi connectivity index (χ1n) is 5.55. The van der Waals surface area contributed by atoms with Gasteiger partial charge in [-0.25, -0.2) is 9.78 Å². The number of aromatic nitrogens is 2. The molecule has 2 aromatic heterocycles. The molecule has 0 fully saturated rings. The fourth-order valence-electron chi connectivity index (χ4n) is 1.47. The highest BCUT2D eigenvalue weighted by molar-refractivity contribution is 8.00. The van der Waals surface area contributed by atoms with Gasteiger partial charge in [-0.3, -0.25) is 4.79 Å². The van der Waals surface area contributed by atoms with E-state index in [9.17, 15) is 9.59 Å². The Bertz CT molecular complexity index is 594. The molecular formula is C12H12N2O4S2. The van der Waals surface area contributed by atoms with E-state index >= 15 is 0 Å². The molecule has 0 amide bonds. The van der Waals surface area contributed by atoms with Gasteiger partial charge in [0.15, 0.2) is 5.16 Å². The molecule has 0 bridgehead atoms. The Morgan fingerprint density at radius 2 is 2.20 bits per heavy atom. The fourth-order valence-corrected chi connectivity index (χ4v) is 3.22.